The van der Waals surface area contributed by atoms with Gasteiger partial charge in [-0.1, -0.05) is 206 Å². The first-order chi connectivity index (χ1) is 29.7. The Morgan fingerprint density at radius 3 is 0.800 bits per heavy atom. The average molecular weight is 768 g/mol. The molecule has 8 aromatic carbocycles. The Labute approximate surface area is 349 Å². The molecule has 0 unspecified atom stereocenters. The summed E-state index contributed by atoms with van der Waals surface area (Å²) in [5, 5.41) is 0. The topological polar surface area (TPSA) is 64.5 Å². The number of benzene rings is 8. The van der Waals surface area contributed by atoms with Crippen molar-refractivity contribution in [3.63, 3.8) is 0 Å². The number of hydrogen-bond donors (Lipinski definition) is 0. The standard InChI is InChI=1S/C55H37N5/c1-5-15-40(16-6-1)50-37-51(57-52(56-50)42-17-7-2-8-18-42)41-31-27-38(28-32-41)46-23-13-25-48(35-46)49-26-14-24-47(36-49)39-29-33-45(34-30-39)55-59-53(43-19-9-3-10-20-43)58-54(60-55)44-21-11-4-12-22-44/h1-37H. The third-order valence-electron chi connectivity index (χ3n) is 10.6. The predicted octanol–water partition coefficient (Wildman–Crippen LogP) is 13.7. The highest BCUT2D eigenvalue weighted by Gasteiger charge is 2.14. The maximum absolute atomic E-state index is 5.02. The largest absolute Gasteiger partial charge is 0.228 e. The zero-order chi connectivity index (χ0) is 40.1. The molecule has 0 aliphatic carbocycles. The molecule has 60 heavy (non-hydrogen) atoms. The van der Waals surface area contributed by atoms with E-state index in [1.165, 1.54) is 0 Å². The van der Waals surface area contributed by atoms with Crippen LogP contribution in [-0.4, -0.2) is 24.9 Å². The van der Waals surface area contributed by atoms with E-state index >= 15 is 0 Å². The molecule has 10 rings (SSSR count). The van der Waals surface area contributed by atoms with Crippen LogP contribution >= 0.6 is 0 Å². The molecule has 0 amide bonds. The molecular formula is C55H37N5. The number of hydrogen-bond acceptors (Lipinski definition) is 5. The number of aromatic nitrogens is 5. The van der Waals surface area contributed by atoms with Crippen molar-refractivity contribution in [1.82, 2.24) is 24.9 Å². The zero-order valence-electron chi connectivity index (χ0n) is 32.6. The maximum atomic E-state index is 5.02. The summed E-state index contributed by atoms with van der Waals surface area (Å²) in [4.78, 5) is 24.6. The quantitative estimate of drug-likeness (QED) is 0.146. The van der Waals surface area contributed by atoms with E-state index in [2.05, 4.69) is 127 Å². The molecule has 282 valence electrons. The van der Waals surface area contributed by atoms with Crippen LogP contribution in [0.25, 0.3) is 101 Å². The SMILES string of the molecule is c1ccc(-c2cc(-c3ccc(-c4cccc(-c5cccc(-c6ccc(-c7nc(-c8ccccc8)nc(-c8ccccc8)n7)cc6)c5)c4)cc3)nc(-c3ccccc3)n2)cc1. The molecule has 0 aliphatic heterocycles. The highest BCUT2D eigenvalue weighted by Crippen LogP contribution is 2.33. The lowest BCUT2D eigenvalue weighted by Gasteiger charge is -2.11. The van der Waals surface area contributed by atoms with Crippen LogP contribution in [0.4, 0.5) is 0 Å². The van der Waals surface area contributed by atoms with E-state index in [1.807, 2.05) is 97.1 Å². The smallest absolute Gasteiger partial charge is 0.164 e. The summed E-state index contributed by atoms with van der Waals surface area (Å²) in [5.74, 6) is 2.64. The van der Waals surface area contributed by atoms with Crippen LogP contribution in [0.2, 0.25) is 0 Å². The molecule has 2 aromatic heterocycles. The van der Waals surface area contributed by atoms with Gasteiger partial charge in [0.1, 0.15) is 0 Å². The first-order valence-electron chi connectivity index (χ1n) is 20.0. The van der Waals surface area contributed by atoms with Crippen molar-refractivity contribution in [3.8, 4) is 101 Å². The fourth-order valence-corrected chi connectivity index (χ4v) is 7.41. The molecule has 5 nitrogen and oxygen atoms in total. The van der Waals surface area contributed by atoms with Crippen LogP contribution in [0.1, 0.15) is 0 Å². The first-order valence-corrected chi connectivity index (χ1v) is 20.0. The van der Waals surface area contributed by atoms with E-state index < -0.39 is 0 Å². The Hall–Kier alpha value is -8.15. The van der Waals surface area contributed by atoms with Crippen molar-refractivity contribution >= 4 is 0 Å². The van der Waals surface area contributed by atoms with Gasteiger partial charge < -0.3 is 0 Å². The fraction of sp³-hybridized carbons (Fsp3) is 0. The lowest BCUT2D eigenvalue weighted by molar-refractivity contribution is 1.07. The molecule has 5 heteroatoms. The summed E-state index contributed by atoms with van der Waals surface area (Å²) in [6.45, 7) is 0. The van der Waals surface area contributed by atoms with Crippen LogP contribution in [0.3, 0.4) is 0 Å². The molecule has 0 saturated heterocycles. The van der Waals surface area contributed by atoms with Crippen molar-refractivity contribution in [2.75, 3.05) is 0 Å². The Morgan fingerprint density at radius 1 is 0.167 bits per heavy atom. The zero-order valence-corrected chi connectivity index (χ0v) is 32.6. The Kier molecular flexibility index (Phi) is 9.88. The highest BCUT2D eigenvalue weighted by molar-refractivity contribution is 5.79. The maximum Gasteiger partial charge on any atom is 0.164 e. The van der Waals surface area contributed by atoms with E-state index in [0.29, 0.717) is 23.3 Å². The third-order valence-corrected chi connectivity index (χ3v) is 10.6. The van der Waals surface area contributed by atoms with E-state index in [4.69, 9.17) is 24.9 Å². The Balaban J connectivity index is 0.918. The molecule has 0 saturated carbocycles. The van der Waals surface area contributed by atoms with Crippen molar-refractivity contribution in [1.29, 1.82) is 0 Å². The molecule has 0 bridgehead atoms. The van der Waals surface area contributed by atoms with Gasteiger partial charge in [0.25, 0.3) is 0 Å². The van der Waals surface area contributed by atoms with Crippen molar-refractivity contribution in [2.45, 2.75) is 0 Å². The third kappa shape index (κ3) is 7.76. The van der Waals surface area contributed by atoms with Crippen LogP contribution in [0.5, 0.6) is 0 Å². The minimum Gasteiger partial charge on any atom is -0.228 e. The molecule has 0 spiro atoms. The lowest BCUT2D eigenvalue weighted by Crippen LogP contribution is -2.00. The molecule has 2 heterocycles. The van der Waals surface area contributed by atoms with Crippen LogP contribution in [0, 0.1) is 0 Å². The molecule has 0 radical (unpaired) electrons. The lowest BCUT2D eigenvalue weighted by atomic mass is 9.95. The molecule has 0 fully saturated rings. The van der Waals surface area contributed by atoms with Gasteiger partial charge in [0.05, 0.1) is 11.4 Å². The van der Waals surface area contributed by atoms with Crippen LogP contribution < -0.4 is 0 Å². The van der Waals surface area contributed by atoms with Crippen LogP contribution in [0.15, 0.2) is 224 Å². The van der Waals surface area contributed by atoms with E-state index in [-0.39, 0.29) is 0 Å². The van der Waals surface area contributed by atoms with Crippen molar-refractivity contribution in [3.05, 3.63) is 224 Å². The van der Waals surface area contributed by atoms with Gasteiger partial charge in [-0.3, -0.25) is 0 Å². The predicted molar refractivity (Wildman–Crippen MR) is 244 cm³/mol. The summed E-state index contributed by atoms with van der Waals surface area (Å²) < 4.78 is 0. The second kappa shape index (κ2) is 16.4. The minimum absolute atomic E-state index is 0.638. The normalized spacial score (nSPS) is 11.0. The average Bonchev–Trinajstić information content (AvgIpc) is 3.35. The van der Waals surface area contributed by atoms with Crippen molar-refractivity contribution in [2.24, 2.45) is 0 Å². The van der Waals surface area contributed by atoms with Gasteiger partial charge in [-0.15, -0.1) is 0 Å². The molecule has 0 atom stereocenters. The minimum atomic E-state index is 0.638. The van der Waals surface area contributed by atoms with Crippen molar-refractivity contribution < 1.29 is 0 Å². The monoisotopic (exact) mass is 767 g/mol. The molecular weight excluding hydrogens is 731 g/mol. The first kappa shape index (κ1) is 36.2. The van der Waals surface area contributed by atoms with Gasteiger partial charge in [0.2, 0.25) is 0 Å². The molecule has 10 aromatic rings. The summed E-state index contributed by atoms with van der Waals surface area (Å²) in [5.41, 5.74) is 14.5. The Bertz CT molecular complexity index is 2720. The van der Waals surface area contributed by atoms with Crippen LogP contribution in [-0.2, 0) is 0 Å². The summed E-state index contributed by atoms with van der Waals surface area (Å²) in [7, 11) is 0. The van der Waals surface area contributed by atoms with E-state index in [1.54, 1.807) is 0 Å². The molecule has 0 aliphatic rings. The second-order valence-corrected chi connectivity index (χ2v) is 14.5. The van der Waals surface area contributed by atoms with Gasteiger partial charge in [0, 0.05) is 33.4 Å². The molecule has 0 N–H and O–H groups in total. The van der Waals surface area contributed by atoms with E-state index in [0.717, 1.165) is 78.1 Å². The second-order valence-electron chi connectivity index (χ2n) is 14.5. The Morgan fingerprint density at radius 2 is 0.417 bits per heavy atom. The summed E-state index contributed by atoms with van der Waals surface area (Å²) in [6.07, 6.45) is 0. The van der Waals surface area contributed by atoms with Gasteiger partial charge >= 0.3 is 0 Å². The number of rotatable bonds is 9. The number of nitrogens with zero attached hydrogens (tertiary/aromatic N) is 5. The highest BCUT2D eigenvalue weighted by atomic mass is 15.0. The van der Waals surface area contributed by atoms with Gasteiger partial charge in [-0.05, 0) is 51.6 Å². The summed E-state index contributed by atoms with van der Waals surface area (Å²) >= 11 is 0. The van der Waals surface area contributed by atoms with Gasteiger partial charge in [-0.25, -0.2) is 24.9 Å². The van der Waals surface area contributed by atoms with Gasteiger partial charge in [0.15, 0.2) is 23.3 Å². The fourth-order valence-electron chi connectivity index (χ4n) is 7.41. The summed E-state index contributed by atoms with van der Waals surface area (Å²) in [6, 6.07) is 77.2. The van der Waals surface area contributed by atoms with Gasteiger partial charge in [-0.2, -0.15) is 0 Å². The van der Waals surface area contributed by atoms with E-state index in [9.17, 15) is 0 Å².